The Labute approximate surface area is 133 Å². The Balaban J connectivity index is 1.71. The predicted octanol–water partition coefficient (Wildman–Crippen LogP) is 2.34. The minimum absolute atomic E-state index is 0.116. The van der Waals surface area contributed by atoms with E-state index < -0.39 is 0 Å². The third-order valence-electron chi connectivity index (χ3n) is 3.55. The molecule has 0 atom stereocenters. The highest BCUT2D eigenvalue weighted by Crippen LogP contribution is 2.20. The Morgan fingerprint density at radius 1 is 1.22 bits per heavy atom. The first-order valence-corrected chi connectivity index (χ1v) is 7.14. The summed E-state index contributed by atoms with van der Waals surface area (Å²) in [5.41, 5.74) is 2.27. The van der Waals surface area contributed by atoms with Crippen molar-refractivity contribution in [1.29, 1.82) is 5.26 Å². The quantitative estimate of drug-likeness (QED) is 0.912. The van der Waals surface area contributed by atoms with E-state index in [1.807, 2.05) is 6.07 Å². The van der Waals surface area contributed by atoms with Gasteiger partial charge in [-0.3, -0.25) is 9.69 Å². The van der Waals surface area contributed by atoms with Crippen molar-refractivity contribution >= 4 is 23.3 Å². The zero-order valence-corrected chi connectivity index (χ0v) is 12.2. The average molecular weight is 306 g/mol. The van der Waals surface area contributed by atoms with Crippen LogP contribution in [0.1, 0.15) is 15.9 Å². The van der Waals surface area contributed by atoms with Gasteiger partial charge in [0, 0.05) is 30.0 Å². The molecule has 3 amide bonds. The second-order valence-electron chi connectivity index (χ2n) is 5.08. The van der Waals surface area contributed by atoms with Crippen molar-refractivity contribution in [3.63, 3.8) is 0 Å². The lowest BCUT2D eigenvalue weighted by Crippen LogP contribution is -2.27. The van der Waals surface area contributed by atoms with Crippen molar-refractivity contribution in [3.8, 4) is 6.07 Å². The summed E-state index contributed by atoms with van der Waals surface area (Å²) in [6.07, 6.45) is 0. The van der Waals surface area contributed by atoms with Gasteiger partial charge in [-0.2, -0.15) is 5.26 Å². The molecule has 0 unspecified atom stereocenters. The number of nitriles is 1. The highest BCUT2D eigenvalue weighted by Gasteiger charge is 2.20. The largest absolute Gasteiger partial charge is 0.336 e. The van der Waals surface area contributed by atoms with Crippen LogP contribution in [0.3, 0.4) is 0 Å². The number of benzene rings is 2. The van der Waals surface area contributed by atoms with Crippen LogP contribution < -0.4 is 15.5 Å². The normalized spacial score (nSPS) is 13.3. The Morgan fingerprint density at radius 2 is 2.00 bits per heavy atom. The van der Waals surface area contributed by atoms with E-state index in [4.69, 9.17) is 5.26 Å². The molecule has 0 radical (unpaired) electrons. The van der Waals surface area contributed by atoms with Crippen LogP contribution in [0, 0.1) is 11.3 Å². The number of nitrogens with zero attached hydrogens (tertiary/aromatic N) is 2. The van der Waals surface area contributed by atoms with Gasteiger partial charge >= 0.3 is 6.03 Å². The second-order valence-corrected chi connectivity index (χ2v) is 5.08. The highest BCUT2D eigenvalue weighted by atomic mass is 16.2. The fourth-order valence-electron chi connectivity index (χ4n) is 2.38. The molecule has 6 heteroatoms. The molecule has 0 aromatic heterocycles. The van der Waals surface area contributed by atoms with Gasteiger partial charge < -0.3 is 10.6 Å². The molecule has 2 aromatic rings. The van der Waals surface area contributed by atoms with Gasteiger partial charge in [0.15, 0.2) is 0 Å². The van der Waals surface area contributed by atoms with Crippen molar-refractivity contribution in [1.82, 2.24) is 5.32 Å². The summed E-state index contributed by atoms with van der Waals surface area (Å²) in [4.78, 5) is 25.4. The monoisotopic (exact) mass is 306 g/mol. The molecule has 0 bridgehead atoms. The highest BCUT2D eigenvalue weighted by molar-refractivity contribution is 6.04. The summed E-state index contributed by atoms with van der Waals surface area (Å²) in [6, 6.07) is 15.5. The third-order valence-corrected chi connectivity index (χ3v) is 3.55. The van der Waals surface area contributed by atoms with Gasteiger partial charge in [0.05, 0.1) is 11.6 Å². The van der Waals surface area contributed by atoms with Gasteiger partial charge in [-0.25, -0.2) is 4.79 Å². The van der Waals surface area contributed by atoms with E-state index in [1.54, 1.807) is 47.4 Å². The maximum atomic E-state index is 12.2. The summed E-state index contributed by atoms with van der Waals surface area (Å²) >= 11 is 0. The molecule has 2 aromatic carbocycles. The summed E-state index contributed by atoms with van der Waals surface area (Å²) in [7, 11) is 0. The second kappa shape index (κ2) is 6.20. The molecule has 1 aliphatic rings. The SMILES string of the molecule is N#Cc1cccc(C(=O)Nc2ccc(N3CCNC3=O)cc2)c1. The lowest BCUT2D eigenvalue weighted by molar-refractivity contribution is 0.102. The van der Waals surface area contributed by atoms with E-state index in [0.29, 0.717) is 29.9 Å². The molecule has 0 saturated carbocycles. The van der Waals surface area contributed by atoms with Crippen LogP contribution in [0.25, 0.3) is 0 Å². The maximum absolute atomic E-state index is 12.2. The van der Waals surface area contributed by atoms with Crippen LogP contribution >= 0.6 is 0 Å². The molecular weight excluding hydrogens is 292 g/mol. The van der Waals surface area contributed by atoms with Crippen molar-refractivity contribution in [2.75, 3.05) is 23.3 Å². The lowest BCUT2D eigenvalue weighted by Gasteiger charge is -2.14. The Kier molecular flexibility index (Phi) is 3.93. The zero-order chi connectivity index (χ0) is 16.2. The Hall–Kier alpha value is -3.33. The number of urea groups is 1. The smallest absolute Gasteiger partial charge is 0.321 e. The van der Waals surface area contributed by atoms with E-state index in [9.17, 15) is 9.59 Å². The van der Waals surface area contributed by atoms with E-state index in [1.165, 1.54) is 6.07 Å². The van der Waals surface area contributed by atoms with E-state index in [-0.39, 0.29) is 11.9 Å². The fraction of sp³-hybridized carbons (Fsp3) is 0.118. The summed E-state index contributed by atoms with van der Waals surface area (Å²) in [6.45, 7) is 1.26. The Bertz CT molecular complexity index is 793. The number of hydrogen-bond donors (Lipinski definition) is 2. The minimum atomic E-state index is -0.284. The van der Waals surface area contributed by atoms with Crippen LogP contribution in [-0.4, -0.2) is 25.0 Å². The number of rotatable bonds is 3. The lowest BCUT2D eigenvalue weighted by atomic mass is 10.1. The minimum Gasteiger partial charge on any atom is -0.336 e. The van der Waals surface area contributed by atoms with Crippen LogP contribution in [0.5, 0.6) is 0 Å². The van der Waals surface area contributed by atoms with Crippen molar-refractivity contribution in [2.45, 2.75) is 0 Å². The third kappa shape index (κ3) is 3.14. The van der Waals surface area contributed by atoms with Gasteiger partial charge in [-0.05, 0) is 42.5 Å². The molecule has 6 nitrogen and oxygen atoms in total. The molecule has 3 rings (SSSR count). The van der Waals surface area contributed by atoms with E-state index >= 15 is 0 Å². The number of nitrogens with one attached hydrogen (secondary N) is 2. The van der Waals surface area contributed by atoms with Crippen LogP contribution in [0.4, 0.5) is 16.2 Å². The number of amides is 3. The molecule has 2 N–H and O–H groups in total. The fourth-order valence-corrected chi connectivity index (χ4v) is 2.38. The molecule has 23 heavy (non-hydrogen) atoms. The van der Waals surface area contributed by atoms with Gasteiger partial charge in [0.1, 0.15) is 0 Å². The summed E-state index contributed by atoms with van der Waals surface area (Å²) in [5.74, 6) is -0.284. The van der Waals surface area contributed by atoms with Crippen molar-refractivity contribution in [2.24, 2.45) is 0 Å². The molecule has 1 saturated heterocycles. The first-order valence-electron chi connectivity index (χ1n) is 7.14. The molecule has 114 valence electrons. The van der Waals surface area contributed by atoms with Crippen LogP contribution in [0.15, 0.2) is 48.5 Å². The van der Waals surface area contributed by atoms with Crippen LogP contribution in [0.2, 0.25) is 0 Å². The van der Waals surface area contributed by atoms with Gasteiger partial charge in [0.2, 0.25) is 0 Å². The number of anilines is 2. The zero-order valence-electron chi connectivity index (χ0n) is 12.2. The van der Waals surface area contributed by atoms with Crippen molar-refractivity contribution in [3.05, 3.63) is 59.7 Å². The number of carbonyl (C=O) groups excluding carboxylic acids is 2. The Morgan fingerprint density at radius 3 is 2.65 bits per heavy atom. The first-order chi connectivity index (χ1) is 11.2. The molecular formula is C17H14N4O2. The topological polar surface area (TPSA) is 85.2 Å². The predicted molar refractivity (Wildman–Crippen MR) is 86.3 cm³/mol. The molecule has 1 heterocycles. The van der Waals surface area contributed by atoms with Crippen LogP contribution in [-0.2, 0) is 0 Å². The standard InChI is InChI=1S/C17H14N4O2/c18-11-12-2-1-3-13(10-12)16(22)20-14-4-6-15(7-5-14)21-9-8-19-17(21)23/h1-7,10H,8-9H2,(H,19,23)(H,20,22). The van der Waals surface area contributed by atoms with Gasteiger partial charge in [0.25, 0.3) is 5.91 Å². The van der Waals surface area contributed by atoms with Gasteiger partial charge in [-0.1, -0.05) is 6.07 Å². The van der Waals surface area contributed by atoms with Crippen molar-refractivity contribution < 1.29 is 9.59 Å². The summed E-state index contributed by atoms with van der Waals surface area (Å²) < 4.78 is 0. The number of hydrogen-bond acceptors (Lipinski definition) is 3. The number of carbonyl (C=O) groups is 2. The molecule has 0 spiro atoms. The van der Waals surface area contributed by atoms with E-state index in [2.05, 4.69) is 10.6 Å². The van der Waals surface area contributed by atoms with Gasteiger partial charge in [-0.15, -0.1) is 0 Å². The first kappa shape index (κ1) is 14.6. The molecule has 0 aliphatic carbocycles. The maximum Gasteiger partial charge on any atom is 0.321 e. The molecule has 1 aliphatic heterocycles. The van der Waals surface area contributed by atoms with E-state index in [0.717, 1.165) is 5.69 Å². The average Bonchev–Trinajstić information content (AvgIpc) is 3.01. The molecule has 1 fully saturated rings. The summed E-state index contributed by atoms with van der Waals surface area (Å²) in [5, 5.41) is 14.4.